The Kier molecular flexibility index (Phi) is 17.5. The molecule has 11 heavy (non-hydrogen) atoms. The van der Waals surface area contributed by atoms with Crippen LogP contribution >= 0.6 is 11.8 Å². The van der Waals surface area contributed by atoms with Gasteiger partial charge in [0.05, 0.1) is 0 Å². The van der Waals surface area contributed by atoms with Crippen molar-refractivity contribution in [1.82, 2.24) is 0 Å². The van der Waals surface area contributed by atoms with E-state index in [1.54, 1.807) is 11.8 Å². The van der Waals surface area contributed by atoms with E-state index in [9.17, 15) is 4.79 Å². The summed E-state index contributed by atoms with van der Waals surface area (Å²) in [5.74, 6) is -0.1000. The molecule has 0 aromatic rings. The first-order chi connectivity index (χ1) is 4.18. The first-order valence-corrected chi connectivity index (χ1v) is 4.05. The second-order valence-corrected chi connectivity index (χ2v) is 2.71. The monoisotopic (exact) mass is 283 g/mol. The molecule has 0 saturated heterocycles. The van der Waals surface area contributed by atoms with Crippen LogP contribution in [0.15, 0.2) is 0 Å². The van der Waals surface area contributed by atoms with Crippen molar-refractivity contribution < 1.29 is 27.3 Å². The third kappa shape index (κ3) is 10.8. The van der Waals surface area contributed by atoms with Crippen LogP contribution in [-0.2, 0) is 22.2 Å². The number of aliphatic carboxylic acids is 1. The molecule has 1 unspecified atom stereocenters. The first-order valence-electron chi connectivity index (χ1n) is 2.65. The van der Waals surface area contributed by atoms with Gasteiger partial charge in [-0.1, -0.05) is 0 Å². The van der Waals surface area contributed by atoms with Crippen LogP contribution in [-0.4, -0.2) is 46.2 Å². The maximum atomic E-state index is 10.1. The molecule has 0 aliphatic carbocycles. The summed E-state index contributed by atoms with van der Waals surface area (Å²) >= 11 is 1.60. The second kappa shape index (κ2) is 10.8. The van der Waals surface area contributed by atoms with E-state index < -0.39 is 12.0 Å². The minimum absolute atomic E-state index is 0. The Balaban J connectivity index is -0.000000320. The van der Waals surface area contributed by atoms with Gasteiger partial charge in [0.25, 0.3) is 0 Å². The summed E-state index contributed by atoms with van der Waals surface area (Å²) < 4.78 is 0. The summed E-state index contributed by atoms with van der Waals surface area (Å²) in [6.07, 6.45) is 2.48. The molecule has 0 amide bonds. The molecule has 3 N–H and O–H groups in total. The molecule has 0 rings (SSSR count). The van der Waals surface area contributed by atoms with Crippen LogP contribution in [0.1, 0.15) is 6.42 Å². The van der Waals surface area contributed by atoms with E-state index in [0.717, 1.165) is 5.75 Å². The number of rotatable bonds is 4. The average molecular weight is 282 g/mol. The van der Waals surface area contributed by atoms with Gasteiger partial charge in [-0.25, -0.2) is 0 Å². The summed E-state index contributed by atoms with van der Waals surface area (Å²) in [7, 11) is 0. The normalized spacial score (nSPS) is 10.7. The van der Waals surface area contributed by atoms with Crippen LogP contribution in [0.3, 0.4) is 0 Å². The number of hydrogen-bond donors (Lipinski definition) is 2. The number of thioether (sulfide) groups is 1. The Morgan fingerprint density at radius 3 is 2.45 bits per heavy atom. The molecular formula is C5H13CrNO2SSe. The van der Waals surface area contributed by atoms with Crippen molar-refractivity contribution in [1.29, 1.82) is 0 Å². The van der Waals surface area contributed by atoms with Crippen molar-refractivity contribution in [2.75, 3.05) is 12.0 Å². The van der Waals surface area contributed by atoms with Crippen molar-refractivity contribution >= 4 is 34.8 Å². The van der Waals surface area contributed by atoms with E-state index in [1.807, 2.05) is 6.26 Å². The zero-order valence-electron chi connectivity index (χ0n) is 6.24. The molecule has 0 bridgehead atoms. The molecule has 0 aliphatic heterocycles. The molecule has 0 spiro atoms. The summed E-state index contributed by atoms with van der Waals surface area (Å²) in [6, 6.07) is -0.683. The average Bonchev–Trinajstić information content (AvgIpc) is 1.82. The fourth-order valence-electron chi connectivity index (χ4n) is 0.368. The van der Waals surface area contributed by atoms with Gasteiger partial charge in [-0.3, -0.25) is 4.79 Å². The van der Waals surface area contributed by atoms with Gasteiger partial charge in [-0.05, 0) is 18.4 Å². The second-order valence-electron chi connectivity index (χ2n) is 1.73. The van der Waals surface area contributed by atoms with E-state index in [-0.39, 0.29) is 34.4 Å². The van der Waals surface area contributed by atoms with E-state index >= 15 is 0 Å². The standard InChI is InChI=1S/C5H11NO2S.Cr.H2Se/c1-9-3-2-4(6)5(7)8;;/h4H,2-3,6H2,1H3,(H,7,8);;1H2. The minimum atomic E-state index is -0.913. The van der Waals surface area contributed by atoms with Crippen LogP contribution in [0.5, 0.6) is 0 Å². The van der Waals surface area contributed by atoms with Gasteiger partial charge < -0.3 is 10.8 Å². The molecule has 0 saturated carbocycles. The third-order valence-electron chi connectivity index (χ3n) is 0.950. The van der Waals surface area contributed by atoms with Gasteiger partial charge in [0, 0.05) is 17.4 Å². The van der Waals surface area contributed by atoms with Crippen molar-refractivity contribution in [3.63, 3.8) is 0 Å². The number of hydrogen-bond acceptors (Lipinski definition) is 3. The van der Waals surface area contributed by atoms with Gasteiger partial charge in [-0.15, -0.1) is 0 Å². The fourth-order valence-corrected chi connectivity index (χ4v) is 0.858. The summed E-state index contributed by atoms with van der Waals surface area (Å²) in [5, 5.41) is 8.27. The zero-order valence-corrected chi connectivity index (χ0v) is 10.4. The summed E-state index contributed by atoms with van der Waals surface area (Å²) in [4.78, 5) is 10.1. The van der Waals surface area contributed by atoms with Crippen LogP contribution in [0.25, 0.3) is 0 Å². The van der Waals surface area contributed by atoms with E-state index in [0.29, 0.717) is 6.42 Å². The van der Waals surface area contributed by atoms with Gasteiger partial charge in [-0.2, -0.15) is 11.8 Å². The van der Waals surface area contributed by atoms with Crippen molar-refractivity contribution in [2.45, 2.75) is 12.5 Å². The van der Waals surface area contributed by atoms with Crippen LogP contribution in [0.4, 0.5) is 0 Å². The van der Waals surface area contributed by atoms with Crippen LogP contribution < -0.4 is 5.73 Å². The molecule has 68 valence electrons. The molecule has 0 radical (unpaired) electrons. The molecule has 0 fully saturated rings. The number of carboxylic acids is 1. The Bertz CT molecular complexity index is 106. The van der Waals surface area contributed by atoms with Gasteiger partial charge in [0.1, 0.15) is 6.04 Å². The molecular weight excluding hydrogens is 269 g/mol. The van der Waals surface area contributed by atoms with Crippen LogP contribution in [0.2, 0.25) is 0 Å². The summed E-state index contributed by atoms with van der Waals surface area (Å²) in [5.41, 5.74) is 5.19. The predicted molar refractivity (Wildman–Crippen MR) is 47.2 cm³/mol. The zero-order chi connectivity index (χ0) is 7.28. The molecule has 0 aromatic carbocycles. The van der Waals surface area contributed by atoms with Crippen molar-refractivity contribution in [2.24, 2.45) is 5.73 Å². The van der Waals surface area contributed by atoms with Crippen molar-refractivity contribution in [3.05, 3.63) is 0 Å². The SMILES string of the molecule is CSCCC(N)C(=O)O.[Cr].[SeH2]. The molecule has 0 heterocycles. The molecule has 6 heteroatoms. The van der Waals surface area contributed by atoms with Crippen molar-refractivity contribution in [3.8, 4) is 0 Å². The Labute approximate surface area is 92.1 Å². The van der Waals surface area contributed by atoms with Gasteiger partial charge >= 0.3 is 23.0 Å². The van der Waals surface area contributed by atoms with Gasteiger partial charge in [0.2, 0.25) is 0 Å². The molecule has 1 atom stereocenters. The maximum absolute atomic E-state index is 10.1. The molecule has 0 aromatic heterocycles. The Morgan fingerprint density at radius 1 is 1.73 bits per heavy atom. The number of carboxylic acid groups (broad SMARTS) is 1. The molecule has 3 nitrogen and oxygen atoms in total. The third-order valence-corrected chi connectivity index (χ3v) is 1.59. The van der Waals surface area contributed by atoms with E-state index in [2.05, 4.69) is 0 Å². The number of carbonyl (C=O) groups is 1. The number of nitrogens with two attached hydrogens (primary N) is 1. The van der Waals surface area contributed by atoms with E-state index in [1.165, 1.54) is 0 Å². The Hall–Kier alpha value is 0.832. The topological polar surface area (TPSA) is 63.3 Å². The summed E-state index contributed by atoms with van der Waals surface area (Å²) in [6.45, 7) is 0. The Morgan fingerprint density at radius 2 is 2.18 bits per heavy atom. The fraction of sp³-hybridized carbons (Fsp3) is 0.800. The first kappa shape index (κ1) is 17.8. The van der Waals surface area contributed by atoms with Gasteiger partial charge in [0.15, 0.2) is 0 Å². The van der Waals surface area contributed by atoms with E-state index in [4.69, 9.17) is 10.8 Å². The predicted octanol–water partition coefficient (Wildman–Crippen LogP) is -0.767. The van der Waals surface area contributed by atoms with Crippen LogP contribution in [0, 0.1) is 0 Å². The molecule has 0 aliphatic rings. The quantitative estimate of drug-likeness (QED) is 0.665.